The van der Waals surface area contributed by atoms with E-state index in [1.807, 2.05) is 42.7 Å². The summed E-state index contributed by atoms with van der Waals surface area (Å²) in [6, 6.07) is 14.8. The number of aliphatic carboxylic acids is 1. The molecule has 0 aliphatic heterocycles. The van der Waals surface area contributed by atoms with E-state index in [1.165, 1.54) is 6.07 Å². The summed E-state index contributed by atoms with van der Waals surface area (Å²) in [5.41, 5.74) is 3.48. The number of carboxylic acids is 1. The Labute approximate surface area is 209 Å². The van der Waals surface area contributed by atoms with E-state index in [4.69, 9.17) is 19.7 Å². The maximum absolute atomic E-state index is 14.5. The fourth-order valence-corrected chi connectivity index (χ4v) is 5.54. The minimum absolute atomic E-state index is 0.236. The van der Waals surface area contributed by atoms with Gasteiger partial charge in [0.15, 0.2) is 0 Å². The zero-order valence-corrected chi connectivity index (χ0v) is 20.9. The second kappa shape index (κ2) is 11.7. The van der Waals surface area contributed by atoms with Crippen LogP contribution in [0.15, 0.2) is 53.6 Å². The van der Waals surface area contributed by atoms with Crippen molar-refractivity contribution >= 4 is 17.7 Å². The van der Waals surface area contributed by atoms with Crippen LogP contribution >= 0.6 is 11.8 Å². The van der Waals surface area contributed by atoms with E-state index in [1.54, 1.807) is 24.9 Å². The molecule has 0 unspecified atom stereocenters. The first-order valence-corrected chi connectivity index (χ1v) is 13.1. The topological polar surface area (TPSA) is 73.6 Å². The van der Waals surface area contributed by atoms with Crippen LogP contribution in [0.3, 0.4) is 0 Å². The molecule has 8 heteroatoms. The fraction of sp³-hybridized carbons (Fsp3) is 0.407. The molecule has 0 saturated heterocycles. The quantitative estimate of drug-likeness (QED) is 0.346. The molecule has 1 saturated carbocycles. The van der Waals surface area contributed by atoms with Gasteiger partial charge in [-0.15, -0.1) is 11.8 Å². The number of nitrogens with zero attached hydrogens (tertiary/aromatic N) is 2. The van der Waals surface area contributed by atoms with Crippen molar-refractivity contribution in [2.24, 2.45) is 11.8 Å². The van der Waals surface area contributed by atoms with Crippen molar-refractivity contribution in [2.75, 3.05) is 26.6 Å². The molecule has 2 aromatic carbocycles. The van der Waals surface area contributed by atoms with Crippen LogP contribution < -0.4 is 4.74 Å². The standard InChI is InChI=1S/C27H31FN2O4S/c1-33-23-13-21(12-22(28)14-23)25-26(20-6-4-3-5-7-20)29-30(27(25)35-2)15-18-8-10-19(11-9-18)16-34-17-24(31)32/h3-7,12-14,18-19H,8-11,15-17H2,1-2H3,(H,31,32). The lowest BCUT2D eigenvalue weighted by atomic mass is 9.82. The summed E-state index contributed by atoms with van der Waals surface area (Å²) in [4.78, 5) is 10.7. The summed E-state index contributed by atoms with van der Waals surface area (Å²) >= 11 is 1.62. The fourth-order valence-electron chi connectivity index (χ4n) is 4.80. The van der Waals surface area contributed by atoms with Gasteiger partial charge < -0.3 is 14.6 Å². The molecule has 1 heterocycles. The van der Waals surface area contributed by atoms with Crippen LogP contribution in [-0.4, -0.2) is 47.4 Å². The molecule has 35 heavy (non-hydrogen) atoms. The molecule has 4 rings (SSSR count). The van der Waals surface area contributed by atoms with Gasteiger partial charge in [-0.2, -0.15) is 5.10 Å². The van der Waals surface area contributed by atoms with Crippen molar-refractivity contribution in [1.29, 1.82) is 0 Å². The van der Waals surface area contributed by atoms with E-state index < -0.39 is 5.97 Å². The predicted octanol–water partition coefficient (Wildman–Crippen LogP) is 5.99. The van der Waals surface area contributed by atoms with Gasteiger partial charge in [0.05, 0.1) is 13.7 Å². The van der Waals surface area contributed by atoms with Gasteiger partial charge in [-0.05, 0) is 61.5 Å². The molecular weight excluding hydrogens is 467 g/mol. The summed E-state index contributed by atoms with van der Waals surface area (Å²) < 4.78 is 27.2. The molecule has 0 radical (unpaired) electrons. The number of benzene rings is 2. The average molecular weight is 499 g/mol. The Hall–Kier alpha value is -2.84. The Morgan fingerprint density at radius 3 is 2.49 bits per heavy atom. The van der Waals surface area contributed by atoms with Gasteiger partial charge in [0.25, 0.3) is 0 Å². The van der Waals surface area contributed by atoms with Gasteiger partial charge in [0, 0.05) is 23.7 Å². The van der Waals surface area contributed by atoms with Gasteiger partial charge in [-0.3, -0.25) is 4.68 Å². The van der Waals surface area contributed by atoms with Crippen molar-refractivity contribution < 1.29 is 23.8 Å². The summed E-state index contributed by atoms with van der Waals surface area (Å²) in [7, 11) is 1.54. The van der Waals surface area contributed by atoms with Gasteiger partial charge in [-0.25, -0.2) is 9.18 Å². The predicted molar refractivity (Wildman–Crippen MR) is 135 cm³/mol. The highest BCUT2D eigenvalue weighted by atomic mass is 32.2. The molecular formula is C27H31FN2O4S. The maximum Gasteiger partial charge on any atom is 0.329 e. The molecule has 186 valence electrons. The molecule has 1 aromatic heterocycles. The lowest BCUT2D eigenvalue weighted by Crippen LogP contribution is -2.23. The first-order valence-electron chi connectivity index (χ1n) is 11.8. The third-order valence-corrected chi connectivity index (χ3v) is 7.32. The zero-order valence-electron chi connectivity index (χ0n) is 20.1. The molecule has 0 atom stereocenters. The number of hydrogen-bond acceptors (Lipinski definition) is 5. The maximum atomic E-state index is 14.5. The Bertz CT molecular complexity index is 1140. The van der Waals surface area contributed by atoms with Crippen molar-refractivity contribution in [2.45, 2.75) is 37.3 Å². The third-order valence-electron chi connectivity index (χ3n) is 6.52. The van der Waals surface area contributed by atoms with Crippen molar-refractivity contribution in [3.05, 3.63) is 54.3 Å². The van der Waals surface area contributed by atoms with Gasteiger partial charge >= 0.3 is 5.97 Å². The van der Waals surface area contributed by atoms with Crippen LogP contribution in [0, 0.1) is 17.7 Å². The number of carbonyl (C=O) groups is 1. The lowest BCUT2D eigenvalue weighted by molar-refractivity contribution is -0.142. The number of hydrogen-bond donors (Lipinski definition) is 1. The Morgan fingerprint density at radius 2 is 1.83 bits per heavy atom. The van der Waals surface area contributed by atoms with E-state index >= 15 is 0 Å². The summed E-state index contributed by atoms with van der Waals surface area (Å²) in [5, 5.41) is 14.8. The van der Waals surface area contributed by atoms with E-state index in [9.17, 15) is 9.18 Å². The van der Waals surface area contributed by atoms with Crippen LogP contribution in [0.25, 0.3) is 22.4 Å². The largest absolute Gasteiger partial charge is 0.497 e. The smallest absolute Gasteiger partial charge is 0.329 e. The Balaban J connectivity index is 1.61. The molecule has 1 aliphatic carbocycles. The highest BCUT2D eigenvalue weighted by Crippen LogP contribution is 2.41. The van der Waals surface area contributed by atoms with Gasteiger partial charge in [0.2, 0.25) is 0 Å². The van der Waals surface area contributed by atoms with Crippen LogP contribution in [0.2, 0.25) is 0 Å². The third kappa shape index (κ3) is 6.24. The lowest BCUT2D eigenvalue weighted by Gasteiger charge is -2.28. The number of thioether (sulfide) groups is 1. The number of aromatic nitrogens is 2. The number of ether oxygens (including phenoxy) is 2. The second-order valence-corrected chi connectivity index (χ2v) is 9.75. The molecule has 1 fully saturated rings. The van der Waals surface area contributed by atoms with Crippen LogP contribution in [0.4, 0.5) is 4.39 Å². The number of methoxy groups -OCH3 is 1. The van der Waals surface area contributed by atoms with Crippen LogP contribution in [0.5, 0.6) is 5.75 Å². The summed E-state index contributed by atoms with van der Waals surface area (Å²) in [6.45, 7) is 1.05. The molecule has 0 amide bonds. The number of halogens is 1. The van der Waals surface area contributed by atoms with Crippen molar-refractivity contribution in [1.82, 2.24) is 9.78 Å². The second-order valence-electron chi connectivity index (χ2n) is 8.96. The SMILES string of the molecule is COc1cc(F)cc(-c2c(-c3ccccc3)nn(CC3CCC(COCC(=O)O)CC3)c2SC)c1. The Kier molecular flexibility index (Phi) is 8.46. The first-order chi connectivity index (χ1) is 17.0. The number of rotatable bonds is 10. The molecule has 6 nitrogen and oxygen atoms in total. The summed E-state index contributed by atoms with van der Waals surface area (Å²) in [6.07, 6.45) is 6.13. The van der Waals surface area contributed by atoms with Crippen LogP contribution in [0.1, 0.15) is 25.7 Å². The minimum Gasteiger partial charge on any atom is -0.497 e. The van der Waals surface area contributed by atoms with E-state index in [2.05, 4.69) is 4.68 Å². The normalized spacial score (nSPS) is 17.9. The number of carboxylic acid groups (broad SMARTS) is 1. The molecule has 3 aromatic rings. The molecule has 0 spiro atoms. The van der Waals surface area contributed by atoms with Gasteiger partial charge in [-0.1, -0.05) is 30.3 Å². The monoisotopic (exact) mass is 498 g/mol. The van der Waals surface area contributed by atoms with Crippen molar-refractivity contribution in [3.63, 3.8) is 0 Å². The zero-order chi connectivity index (χ0) is 24.8. The average Bonchev–Trinajstić information content (AvgIpc) is 3.23. The minimum atomic E-state index is -0.928. The van der Waals surface area contributed by atoms with E-state index in [0.717, 1.165) is 59.6 Å². The molecule has 0 bridgehead atoms. The highest BCUT2D eigenvalue weighted by Gasteiger charge is 2.26. The summed E-state index contributed by atoms with van der Waals surface area (Å²) in [5.74, 6) is 0.0697. The van der Waals surface area contributed by atoms with E-state index in [-0.39, 0.29) is 12.4 Å². The first kappa shape index (κ1) is 25.3. The van der Waals surface area contributed by atoms with Crippen molar-refractivity contribution in [3.8, 4) is 28.1 Å². The van der Waals surface area contributed by atoms with Crippen LogP contribution in [-0.2, 0) is 16.1 Å². The molecule has 1 N–H and O–H groups in total. The van der Waals surface area contributed by atoms with Gasteiger partial charge in [0.1, 0.15) is 28.9 Å². The van der Waals surface area contributed by atoms with E-state index in [0.29, 0.717) is 24.2 Å². The molecule has 1 aliphatic rings. The Morgan fingerprint density at radius 1 is 1.11 bits per heavy atom. The highest BCUT2D eigenvalue weighted by molar-refractivity contribution is 7.98.